The number of likely N-dealkylation sites (tertiary alicyclic amines) is 1. The van der Waals surface area contributed by atoms with Gasteiger partial charge in [0.05, 0.1) is 0 Å². The number of ketones is 1. The molecule has 2 nitrogen and oxygen atoms in total. The zero-order chi connectivity index (χ0) is 16.6. The Labute approximate surface area is 144 Å². The molecule has 0 bridgehead atoms. The van der Waals surface area contributed by atoms with Gasteiger partial charge in [0.15, 0.2) is 5.78 Å². The van der Waals surface area contributed by atoms with Gasteiger partial charge >= 0.3 is 0 Å². The smallest absolute Gasteiger partial charge is 0.185 e. The molecule has 122 valence electrons. The summed E-state index contributed by atoms with van der Waals surface area (Å²) < 4.78 is 0. The molecule has 0 amide bonds. The summed E-state index contributed by atoms with van der Waals surface area (Å²) in [6.45, 7) is 2.19. The van der Waals surface area contributed by atoms with Crippen molar-refractivity contribution < 1.29 is 4.79 Å². The predicted molar refractivity (Wildman–Crippen MR) is 99.8 cm³/mol. The SMILES string of the molecule is O=C(/C=C\C(=C/N1CCCCC1)c1ccccc1)c1ccccc1. The number of rotatable bonds is 5. The fraction of sp³-hybridized carbons (Fsp3) is 0.227. The molecule has 1 aliphatic heterocycles. The number of allylic oxidation sites excluding steroid dienone is 3. The van der Waals surface area contributed by atoms with Gasteiger partial charge in [-0.1, -0.05) is 60.7 Å². The highest BCUT2D eigenvalue weighted by Crippen LogP contribution is 2.19. The maximum absolute atomic E-state index is 12.3. The monoisotopic (exact) mass is 317 g/mol. The van der Waals surface area contributed by atoms with E-state index in [2.05, 4.69) is 23.2 Å². The van der Waals surface area contributed by atoms with Crippen LogP contribution in [0.5, 0.6) is 0 Å². The van der Waals surface area contributed by atoms with Crippen LogP contribution in [0.4, 0.5) is 0 Å². The zero-order valence-electron chi connectivity index (χ0n) is 13.9. The van der Waals surface area contributed by atoms with E-state index < -0.39 is 0 Å². The summed E-state index contributed by atoms with van der Waals surface area (Å²) >= 11 is 0. The molecule has 2 aromatic rings. The second-order valence-corrected chi connectivity index (χ2v) is 6.11. The predicted octanol–water partition coefficient (Wildman–Crippen LogP) is 4.95. The van der Waals surface area contributed by atoms with E-state index in [-0.39, 0.29) is 5.78 Å². The third kappa shape index (κ3) is 4.45. The Morgan fingerprint density at radius 3 is 1.96 bits per heavy atom. The Hall–Kier alpha value is -2.61. The van der Waals surface area contributed by atoms with Crippen LogP contribution in [0.15, 0.2) is 79.0 Å². The summed E-state index contributed by atoms with van der Waals surface area (Å²) in [5.41, 5.74) is 2.95. The van der Waals surface area contributed by atoms with E-state index in [1.54, 1.807) is 6.08 Å². The van der Waals surface area contributed by atoms with Crippen molar-refractivity contribution in [2.75, 3.05) is 13.1 Å². The molecule has 1 aliphatic rings. The minimum atomic E-state index is 0.0380. The van der Waals surface area contributed by atoms with Crippen molar-refractivity contribution in [1.82, 2.24) is 4.90 Å². The van der Waals surface area contributed by atoms with Gasteiger partial charge in [-0.15, -0.1) is 0 Å². The van der Waals surface area contributed by atoms with Crippen molar-refractivity contribution >= 4 is 11.4 Å². The molecule has 1 fully saturated rings. The lowest BCUT2D eigenvalue weighted by Gasteiger charge is -2.26. The Morgan fingerprint density at radius 1 is 0.750 bits per heavy atom. The minimum absolute atomic E-state index is 0.0380. The fourth-order valence-corrected chi connectivity index (χ4v) is 2.95. The highest BCUT2D eigenvalue weighted by molar-refractivity contribution is 6.05. The van der Waals surface area contributed by atoms with E-state index in [1.807, 2.05) is 54.6 Å². The van der Waals surface area contributed by atoms with Gasteiger partial charge in [0.2, 0.25) is 0 Å². The van der Waals surface area contributed by atoms with Crippen LogP contribution < -0.4 is 0 Å². The van der Waals surface area contributed by atoms with Crippen LogP contribution in [0.3, 0.4) is 0 Å². The first-order valence-corrected chi connectivity index (χ1v) is 8.62. The van der Waals surface area contributed by atoms with Crippen molar-refractivity contribution in [3.8, 4) is 0 Å². The fourth-order valence-electron chi connectivity index (χ4n) is 2.95. The second-order valence-electron chi connectivity index (χ2n) is 6.11. The summed E-state index contributed by atoms with van der Waals surface area (Å²) in [5.74, 6) is 0.0380. The normalized spacial score (nSPS) is 15.7. The third-order valence-corrected chi connectivity index (χ3v) is 4.29. The Morgan fingerprint density at radius 2 is 1.33 bits per heavy atom. The Bertz CT molecular complexity index is 710. The van der Waals surface area contributed by atoms with Crippen LogP contribution in [0.1, 0.15) is 35.2 Å². The number of hydrogen-bond acceptors (Lipinski definition) is 2. The molecule has 0 spiro atoms. The molecule has 0 aromatic heterocycles. The molecule has 24 heavy (non-hydrogen) atoms. The summed E-state index contributed by atoms with van der Waals surface area (Å²) in [5, 5.41) is 0. The molecular weight excluding hydrogens is 294 g/mol. The van der Waals surface area contributed by atoms with Crippen LogP contribution in [0.2, 0.25) is 0 Å². The van der Waals surface area contributed by atoms with E-state index in [0.29, 0.717) is 0 Å². The van der Waals surface area contributed by atoms with Crippen molar-refractivity contribution in [3.63, 3.8) is 0 Å². The number of carbonyl (C=O) groups is 1. The van der Waals surface area contributed by atoms with Crippen LogP contribution in [-0.2, 0) is 0 Å². The molecule has 0 saturated carbocycles. The molecule has 2 aromatic carbocycles. The number of hydrogen-bond donors (Lipinski definition) is 0. The van der Waals surface area contributed by atoms with E-state index in [9.17, 15) is 4.79 Å². The highest BCUT2D eigenvalue weighted by Gasteiger charge is 2.08. The summed E-state index contributed by atoms with van der Waals surface area (Å²) in [6.07, 6.45) is 9.62. The molecule has 2 heteroatoms. The number of benzene rings is 2. The quantitative estimate of drug-likeness (QED) is 0.442. The molecule has 3 rings (SSSR count). The molecule has 0 radical (unpaired) electrons. The van der Waals surface area contributed by atoms with Crippen molar-refractivity contribution in [1.29, 1.82) is 0 Å². The van der Waals surface area contributed by atoms with E-state index in [4.69, 9.17) is 0 Å². The third-order valence-electron chi connectivity index (χ3n) is 4.29. The Balaban J connectivity index is 1.83. The first-order chi connectivity index (χ1) is 11.8. The average Bonchev–Trinajstić information content (AvgIpc) is 2.67. The molecule has 0 N–H and O–H groups in total. The second kappa shape index (κ2) is 8.30. The first-order valence-electron chi connectivity index (χ1n) is 8.62. The molecule has 1 heterocycles. The number of nitrogens with zero attached hydrogens (tertiary/aromatic N) is 1. The van der Waals surface area contributed by atoms with Gasteiger partial charge < -0.3 is 4.90 Å². The standard InChI is InChI=1S/C22H23NO/c24-22(20-12-6-2-7-13-20)15-14-21(19-10-4-1-5-11-19)18-23-16-8-3-9-17-23/h1-2,4-7,10-15,18H,3,8-9,16-17H2/b15-14-,21-18+. The van der Waals surface area contributed by atoms with Gasteiger partial charge in [-0.25, -0.2) is 0 Å². The van der Waals surface area contributed by atoms with Gasteiger partial charge in [0.25, 0.3) is 0 Å². The van der Waals surface area contributed by atoms with Crippen molar-refractivity contribution in [2.24, 2.45) is 0 Å². The Kier molecular flexibility index (Phi) is 5.62. The molecule has 1 saturated heterocycles. The topological polar surface area (TPSA) is 20.3 Å². The summed E-state index contributed by atoms with van der Waals surface area (Å²) in [6, 6.07) is 19.7. The van der Waals surface area contributed by atoms with E-state index >= 15 is 0 Å². The molecule has 0 unspecified atom stereocenters. The largest absolute Gasteiger partial charge is 0.377 e. The average molecular weight is 317 g/mol. The van der Waals surface area contributed by atoms with Crippen molar-refractivity contribution in [2.45, 2.75) is 19.3 Å². The molecule has 0 aliphatic carbocycles. The van der Waals surface area contributed by atoms with Crippen molar-refractivity contribution in [3.05, 3.63) is 90.1 Å². The van der Waals surface area contributed by atoms with E-state index in [0.717, 1.165) is 29.8 Å². The van der Waals surface area contributed by atoms with Gasteiger partial charge in [-0.2, -0.15) is 0 Å². The lowest BCUT2D eigenvalue weighted by atomic mass is 10.0. The lowest BCUT2D eigenvalue weighted by molar-refractivity contribution is 0.104. The molecular formula is C22H23NO. The summed E-state index contributed by atoms with van der Waals surface area (Å²) in [7, 11) is 0. The van der Waals surface area contributed by atoms with Gasteiger partial charge in [0, 0.05) is 24.9 Å². The van der Waals surface area contributed by atoms with Gasteiger partial charge in [0.1, 0.15) is 0 Å². The van der Waals surface area contributed by atoms with Crippen LogP contribution in [0.25, 0.3) is 5.57 Å². The number of carbonyl (C=O) groups excluding carboxylic acids is 1. The maximum atomic E-state index is 12.3. The van der Waals surface area contributed by atoms with E-state index in [1.165, 1.54) is 19.3 Å². The minimum Gasteiger partial charge on any atom is -0.377 e. The summed E-state index contributed by atoms with van der Waals surface area (Å²) in [4.78, 5) is 14.7. The van der Waals surface area contributed by atoms with Gasteiger partial charge in [-0.3, -0.25) is 4.79 Å². The van der Waals surface area contributed by atoms with Crippen LogP contribution in [0, 0.1) is 0 Å². The highest BCUT2D eigenvalue weighted by atomic mass is 16.1. The maximum Gasteiger partial charge on any atom is 0.185 e. The zero-order valence-corrected chi connectivity index (χ0v) is 13.9. The van der Waals surface area contributed by atoms with Crippen LogP contribution in [-0.4, -0.2) is 23.8 Å². The lowest BCUT2D eigenvalue weighted by Crippen LogP contribution is -2.24. The first kappa shape index (κ1) is 16.3. The van der Waals surface area contributed by atoms with Gasteiger partial charge in [-0.05, 0) is 42.6 Å². The molecule has 0 atom stereocenters. The van der Waals surface area contributed by atoms with Crippen LogP contribution >= 0.6 is 0 Å². The number of piperidine rings is 1.